The maximum atomic E-state index is 5.21. The lowest BCUT2D eigenvalue weighted by Gasteiger charge is -2.29. The molecule has 1 heterocycles. The number of hydrogen-bond acceptors (Lipinski definition) is 4. The molecule has 0 spiro atoms. The largest absolute Gasteiger partial charge is 0.472 e. The highest BCUT2D eigenvalue weighted by atomic mass is 16.5. The summed E-state index contributed by atoms with van der Waals surface area (Å²) in [6.07, 6.45) is 6.31. The molecule has 19 heavy (non-hydrogen) atoms. The van der Waals surface area contributed by atoms with Crippen molar-refractivity contribution in [1.29, 1.82) is 0 Å². The van der Waals surface area contributed by atoms with Gasteiger partial charge in [-0.25, -0.2) is 0 Å². The Balaban J connectivity index is 1.66. The molecule has 1 aromatic rings. The summed E-state index contributed by atoms with van der Waals surface area (Å²) >= 11 is 0. The van der Waals surface area contributed by atoms with Gasteiger partial charge < -0.3 is 14.5 Å². The molecule has 1 atom stereocenters. The molecule has 1 aliphatic rings. The van der Waals surface area contributed by atoms with Crippen molar-refractivity contribution in [3.05, 3.63) is 24.2 Å². The summed E-state index contributed by atoms with van der Waals surface area (Å²) in [5, 5.41) is 3.47. The van der Waals surface area contributed by atoms with Crippen molar-refractivity contribution in [1.82, 2.24) is 10.2 Å². The monoisotopic (exact) mass is 266 g/mol. The Morgan fingerprint density at radius 3 is 2.95 bits per heavy atom. The van der Waals surface area contributed by atoms with Gasteiger partial charge in [-0.05, 0) is 31.7 Å². The summed E-state index contributed by atoms with van der Waals surface area (Å²) in [4.78, 5) is 2.55. The maximum Gasteiger partial charge on any atom is 0.0947 e. The second-order valence-corrected chi connectivity index (χ2v) is 5.42. The van der Waals surface area contributed by atoms with Crippen LogP contribution in [0.5, 0.6) is 0 Å². The lowest BCUT2D eigenvalue weighted by atomic mass is 10.2. The number of ether oxygens (including phenoxy) is 1. The quantitative estimate of drug-likeness (QED) is 0.658. The van der Waals surface area contributed by atoms with Crippen LogP contribution in [0.4, 0.5) is 0 Å². The lowest BCUT2D eigenvalue weighted by Crippen LogP contribution is -2.41. The molecule has 1 aromatic heterocycles. The van der Waals surface area contributed by atoms with Gasteiger partial charge in [0.25, 0.3) is 0 Å². The highest BCUT2D eigenvalue weighted by Crippen LogP contribution is 2.34. The van der Waals surface area contributed by atoms with E-state index in [0.29, 0.717) is 6.04 Å². The Morgan fingerprint density at radius 2 is 2.32 bits per heavy atom. The van der Waals surface area contributed by atoms with Crippen LogP contribution in [0.25, 0.3) is 0 Å². The summed E-state index contributed by atoms with van der Waals surface area (Å²) in [5.74, 6) is 0.908. The van der Waals surface area contributed by atoms with Gasteiger partial charge >= 0.3 is 0 Å². The third-order valence-corrected chi connectivity index (χ3v) is 3.95. The zero-order chi connectivity index (χ0) is 13.5. The molecule has 0 aliphatic heterocycles. The zero-order valence-electron chi connectivity index (χ0n) is 12.1. The Kier molecular flexibility index (Phi) is 5.89. The second-order valence-electron chi connectivity index (χ2n) is 5.42. The van der Waals surface area contributed by atoms with Crippen LogP contribution in [0.1, 0.15) is 25.3 Å². The number of methoxy groups -OCH3 is 1. The Morgan fingerprint density at radius 1 is 1.47 bits per heavy atom. The van der Waals surface area contributed by atoms with E-state index in [1.54, 1.807) is 19.6 Å². The first-order valence-corrected chi connectivity index (χ1v) is 7.26. The van der Waals surface area contributed by atoms with E-state index in [9.17, 15) is 0 Å². The van der Waals surface area contributed by atoms with Crippen LogP contribution in [-0.2, 0) is 11.3 Å². The number of hydrogen-bond donors (Lipinski definition) is 1. The molecule has 0 amide bonds. The fraction of sp³-hybridized carbons (Fsp3) is 0.733. The molecule has 0 saturated heterocycles. The third kappa shape index (κ3) is 4.97. The highest BCUT2D eigenvalue weighted by Gasteiger charge is 2.31. The van der Waals surface area contributed by atoms with Gasteiger partial charge in [0.15, 0.2) is 0 Å². The zero-order valence-corrected chi connectivity index (χ0v) is 12.1. The minimum absolute atomic E-state index is 0.686. The van der Waals surface area contributed by atoms with E-state index in [4.69, 9.17) is 9.15 Å². The first-order chi connectivity index (χ1) is 9.31. The van der Waals surface area contributed by atoms with E-state index < -0.39 is 0 Å². The molecule has 1 unspecified atom stereocenters. The van der Waals surface area contributed by atoms with Crippen molar-refractivity contribution in [2.75, 3.05) is 33.4 Å². The maximum absolute atomic E-state index is 5.21. The predicted octanol–water partition coefficient (Wildman–Crippen LogP) is 2.12. The molecular weight excluding hydrogens is 240 g/mol. The van der Waals surface area contributed by atoms with Crippen molar-refractivity contribution in [2.45, 2.75) is 32.4 Å². The van der Waals surface area contributed by atoms with Gasteiger partial charge in [0.05, 0.1) is 19.1 Å². The van der Waals surface area contributed by atoms with Crippen molar-refractivity contribution in [3.8, 4) is 0 Å². The first-order valence-electron chi connectivity index (χ1n) is 7.26. The van der Waals surface area contributed by atoms with Crippen molar-refractivity contribution >= 4 is 0 Å². The standard InChI is InChI=1S/C15H26N2O2/c1-13(15-3-4-15)17(8-10-18-2)7-6-16-11-14-5-9-19-12-14/h5,9,12-13,15-16H,3-4,6-8,10-11H2,1-2H3. The molecular formula is C15H26N2O2. The number of furan rings is 1. The van der Waals surface area contributed by atoms with Gasteiger partial charge in [0, 0.05) is 44.9 Å². The lowest BCUT2D eigenvalue weighted by molar-refractivity contribution is 0.117. The van der Waals surface area contributed by atoms with Crippen molar-refractivity contribution in [2.24, 2.45) is 5.92 Å². The van der Waals surface area contributed by atoms with E-state index in [-0.39, 0.29) is 0 Å². The van der Waals surface area contributed by atoms with Crippen LogP contribution < -0.4 is 5.32 Å². The molecule has 1 N–H and O–H groups in total. The summed E-state index contributed by atoms with van der Waals surface area (Å²) in [5.41, 5.74) is 1.21. The van der Waals surface area contributed by atoms with E-state index in [1.165, 1.54) is 18.4 Å². The molecule has 108 valence electrons. The Bertz CT molecular complexity index is 336. The van der Waals surface area contributed by atoms with Crippen molar-refractivity contribution < 1.29 is 9.15 Å². The van der Waals surface area contributed by atoms with Gasteiger partial charge in [0.2, 0.25) is 0 Å². The number of nitrogens with zero attached hydrogens (tertiary/aromatic N) is 1. The van der Waals surface area contributed by atoms with E-state index in [1.807, 2.05) is 6.07 Å². The number of nitrogens with one attached hydrogen (secondary N) is 1. The smallest absolute Gasteiger partial charge is 0.0947 e. The van der Waals surface area contributed by atoms with Crippen molar-refractivity contribution in [3.63, 3.8) is 0 Å². The van der Waals surface area contributed by atoms with Gasteiger partial charge in [0.1, 0.15) is 0 Å². The van der Waals surface area contributed by atoms with Crippen LogP contribution >= 0.6 is 0 Å². The van der Waals surface area contributed by atoms with Crippen LogP contribution in [0.2, 0.25) is 0 Å². The van der Waals surface area contributed by atoms with Crippen LogP contribution in [-0.4, -0.2) is 44.3 Å². The predicted molar refractivity (Wildman–Crippen MR) is 76.0 cm³/mol. The average molecular weight is 266 g/mol. The summed E-state index contributed by atoms with van der Waals surface area (Å²) in [6, 6.07) is 2.69. The van der Waals surface area contributed by atoms with Crippen LogP contribution in [0, 0.1) is 5.92 Å². The summed E-state index contributed by atoms with van der Waals surface area (Å²) in [7, 11) is 1.77. The van der Waals surface area contributed by atoms with Gasteiger partial charge in [-0.2, -0.15) is 0 Å². The molecule has 4 heteroatoms. The van der Waals surface area contributed by atoms with Gasteiger partial charge in [-0.15, -0.1) is 0 Å². The van der Waals surface area contributed by atoms with Gasteiger partial charge in [-0.3, -0.25) is 4.90 Å². The molecule has 0 aromatic carbocycles. The molecule has 2 rings (SSSR count). The normalized spacial score (nSPS) is 17.0. The fourth-order valence-corrected chi connectivity index (χ4v) is 2.45. The highest BCUT2D eigenvalue weighted by molar-refractivity contribution is 5.04. The Labute approximate surface area is 116 Å². The van der Waals surface area contributed by atoms with Crippen LogP contribution in [0.3, 0.4) is 0 Å². The molecule has 0 bridgehead atoms. The molecule has 1 fully saturated rings. The second kappa shape index (κ2) is 7.68. The van der Waals surface area contributed by atoms with E-state index in [0.717, 1.165) is 38.7 Å². The molecule has 0 radical (unpaired) electrons. The number of rotatable bonds is 10. The SMILES string of the molecule is COCCN(CCNCc1ccoc1)C(C)C1CC1. The van der Waals surface area contributed by atoms with Crippen LogP contribution in [0.15, 0.2) is 23.0 Å². The van der Waals surface area contributed by atoms with E-state index in [2.05, 4.69) is 17.1 Å². The Hall–Kier alpha value is -0.840. The first kappa shape index (κ1) is 14.6. The minimum atomic E-state index is 0.686. The topological polar surface area (TPSA) is 37.6 Å². The summed E-state index contributed by atoms with van der Waals surface area (Å²) < 4.78 is 10.3. The van der Waals surface area contributed by atoms with E-state index >= 15 is 0 Å². The minimum Gasteiger partial charge on any atom is -0.472 e. The molecule has 4 nitrogen and oxygen atoms in total. The average Bonchev–Trinajstić information content (AvgIpc) is 3.15. The fourth-order valence-electron chi connectivity index (χ4n) is 2.45. The molecule has 1 saturated carbocycles. The van der Waals surface area contributed by atoms with Gasteiger partial charge in [-0.1, -0.05) is 0 Å². The summed E-state index contributed by atoms with van der Waals surface area (Å²) in [6.45, 7) is 7.17. The third-order valence-electron chi connectivity index (χ3n) is 3.95. The molecule has 1 aliphatic carbocycles.